The highest BCUT2D eigenvalue weighted by Gasteiger charge is 2.37. The number of nitrogens with zero attached hydrogens (tertiary/aromatic N) is 3. The molecule has 0 radical (unpaired) electrons. The molecule has 2 heterocycles. The van der Waals surface area contributed by atoms with Crippen molar-refractivity contribution in [2.45, 2.75) is 25.2 Å². The van der Waals surface area contributed by atoms with Gasteiger partial charge in [0.1, 0.15) is 11.8 Å². The highest BCUT2D eigenvalue weighted by atomic mass is 32.1. The number of hydrogen-bond donors (Lipinski definition) is 1. The number of aliphatic hydroxyl groups is 1. The van der Waals surface area contributed by atoms with E-state index in [4.69, 9.17) is 26.1 Å². The van der Waals surface area contributed by atoms with Crippen LogP contribution in [0.2, 0.25) is 0 Å². The molecule has 2 atom stereocenters. The van der Waals surface area contributed by atoms with Gasteiger partial charge < -0.3 is 19.0 Å². The van der Waals surface area contributed by atoms with E-state index in [0.717, 1.165) is 11.3 Å². The predicted octanol–water partition coefficient (Wildman–Crippen LogP) is 1.45. The number of likely N-dealkylation sites (tertiary alicyclic amines) is 1. The van der Waals surface area contributed by atoms with Crippen molar-refractivity contribution in [2.24, 2.45) is 0 Å². The van der Waals surface area contributed by atoms with Crippen LogP contribution in [0.3, 0.4) is 0 Å². The molecule has 0 spiro atoms. The van der Waals surface area contributed by atoms with E-state index in [9.17, 15) is 9.90 Å². The van der Waals surface area contributed by atoms with Crippen LogP contribution >= 0.6 is 12.2 Å². The Morgan fingerprint density at radius 2 is 2.12 bits per heavy atom. The van der Waals surface area contributed by atoms with Crippen LogP contribution in [0.5, 0.6) is 5.75 Å². The Morgan fingerprint density at radius 3 is 2.76 bits per heavy atom. The molecule has 1 fully saturated rings. The molecule has 1 aliphatic heterocycles. The normalized spacial score (nSPS) is 20.6. The number of β-amino-alcohol motifs (C(OH)–C–C–N with tert-alkyl or cyclic N) is 1. The maximum atomic E-state index is 11.9. The molecule has 25 heavy (non-hydrogen) atoms. The highest BCUT2D eigenvalue weighted by Crippen LogP contribution is 2.23. The monoisotopic (exact) mass is 365 g/mol. The van der Waals surface area contributed by atoms with Gasteiger partial charge in [-0.15, -0.1) is 5.10 Å². The first-order valence-electron chi connectivity index (χ1n) is 7.74. The fraction of sp³-hybridized carbons (Fsp3) is 0.438. The Hall–Kier alpha value is -2.23. The molecule has 1 saturated heterocycles. The molecule has 1 aromatic carbocycles. The van der Waals surface area contributed by atoms with E-state index in [1.807, 2.05) is 12.1 Å². The molecule has 0 unspecified atom stereocenters. The van der Waals surface area contributed by atoms with Crippen molar-refractivity contribution in [1.82, 2.24) is 14.7 Å². The summed E-state index contributed by atoms with van der Waals surface area (Å²) in [5, 5.41) is 14.2. The standard InChI is InChI=1S/C16H19N3O5S/c1-22-12-5-3-10(4-6-12)14-17-19(16(25)24-14)9-18-8-11(20)7-13(18)15(21)23-2/h3-6,11,13,20H,7-9H2,1-2H3/t11-,13-/m0/s1. The third-order valence-corrected chi connectivity index (χ3v) is 4.41. The minimum absolute atomic E-state index is 0.191. The first-order chi connectivity index (χ1) is 12.0. The molecule has 1 N–H and O–H groups in total. The molecule has 1 aliphatic rings. The average molecular weight is 365 g/mol. The van der Waals surface area contributed by atoms with Gasteiger partial charge in [-0.2, -0.15) is 0 Å². The van der Waals surface area contributed by atoms with Crippen molar-refractivity contribution in [1.29, 1.82) is 0 Å². The number of carbonyl (C=O) groups excluding carboxylic acids is 1. The number of rotatable bonds is 5. The molecule has 0 amide bonds. The summed E-state index contributed by atoms with van der Waals surface area (Å²) in [5.41, 5.74) is 0.761. The summed E-state index contributed by atoms with van der Waals surface area (Å²) in [7, 11) is 2.92. The summed E-state index contributed by atoms with van der Waals surface area (Å²) in [6, 6.07) is 6.72. The topological polar surface area (TPSA) is 90.0 Å². The lowest BCUT2D eigenvalue weighted by atomic mass is 10.2. The lowest BCUT2D eigenvalue weighted by Crippen LogP contribution is -2.38. The number of methoxy groups -OCH3 is 2. The van der Waals surface area contributed by atoms with Crippen LogP contribution in [0.15, 0.2) is 28.7 Å². The van der Waals surface area contributed by atoms with Crippen molar-refractivity contribution in [3.8, 4) is 17.2 Å². The summed E-state index contributed by atoms with van der Waals surface area (Å²) in [6.45, 7) is 0.571. The third-order valence-electron chi connectivity index (χ3n) is 4.11. The van der Waals surface area contributed by atoms with E-state index in [0.29, 0.717) is 18.9 Å². The molecule has 3 rings (SSSR count). The smallest absolute Gasteiger partial charge is 0.323 e. The molecule has 0 aliphatic carbocycles. The predicted molar refractivity (Wildman–Crippen MR) is 90.4 cm³/mol. The van der Waals surface area contributed by atoms with E-state index in [2.05, 4.69) is 5.10 Å². The third kappa shape index (κ3) is 3.73. The molecule has 9 heteroatoms. The van der Waals surface area contributed by atoms with Crippen LogP contribution in [-0.4, -0.2) is 58.7 Å². The number of carbonyl (C=O) groups is 1. The van der Waals surface area contributed by atoms with Gasteiger partial charge in [0, 0.05) is 18.5 Å². The molecule has 1 aromatic heterocycles. The lowest BCUT2D eigenvalue weighted by Gasteiger charge is -2.21. The zero-order valence-electron chi connectivity index (χ0n) is 13.9. The van der Waals surface area contributed by atoms with Crippen molar-refractivity contribution >= 4 is 18.2 Å². The first-order valence-corrected chi connectivity index (χ1v) is 8.15. The lowest BCUT2D eigenvalue weighted by molar-refractivity contribution is -0.146. The summed E-state index contributed by atoms with van der Waals surface area (Å²) in [6.07, 6.45) is -0.269. The van der Waals surface area contributed by atoms with Gasteiger partial charge in [-0.25, -0.2) is 4.68 Å². The number of aliphatic hydroxyl groups excluding tert-OH is 1. The van der Waals surface area contributed by atoms with E-state index < -0.39 is 12.1 Å². The Labute approximate surface area is 149 Å². The fourth-order valence-corrected chi connectivity index (χ4v) is 3.01. The van der Waals surface area contributed by atoms with Crippen LogP contribution < -0.4 is 4.74 Å². The van der Waals surface area contributed by atoms with Crippen LogP contribution in [-0.2, 0) is 16.2 Å². The highest BCUT2D eigenvalue weighted by molar-refractivity contribution is 7.71. The minimum Gasteiger partial charge on any atom is -0.497 e. The Bertz CT molecular complexity index is 801. The van der Waals surface area contributed by atoms with E-state index >= 15 is 0 Å². The van der Waals surface area contributed by atoms with Gasteiger partial charge in [0.05, 0.1) is 27.0 Å². The largest absolute Gasteiger partial charge is 0.497 e. The summed E-state index contributed by atoms with van der Waals surface area (Å²) in [4.78, 5) is 13.8. The van der Waals surface area contributed by atoms with Gasteiger partial charge >= 0.3 is 5.97 Å². The van der Waals surface area contributed by atoms with Crippen molar-refractivity contribution < 1.29 is 23.8 Å². The Balaban J connectivity index is 1.80. The first kappa shape index (κ1) is 17.6. The van der Waals surface area contributed by atoms with Gasteiger partial charge in [-0.05, 0) is 36.5 Å². The molecular weight excluding hydrogens is 346 g/mol. The number of ether oxygens (including phenoxy) is 2. The molecule has 8 nitrogen and oxygen atoms in total. The quantitative estimate of drug-likeness (QED) is 0.629. The molecule has 2 aromatic rings. The molecule has 134 valence electrons. The molecule has 0 bridgehead atoms. The fourth-order valence-electron chi connectivity index (χ4n) is 2.83. The average Bonchev–Trinajstić information content (AvgIpc) is 3.17. The maximum Gasteiger partial charge on any atom is 0.323 e. The number of hydrogen-bond acceptors (Lipinski definition) is 8. The van der Waals surface area contributed by atoms with Crippen LogP contribution in [0.25, 0.3) is 11.5 Å². The Morgan fingerprint density at radius 1 is 1.40 bits per heavy atom. The summed E-state index contributed by atoms with van der Waals surface area (Å²) < 4.78 is 17.0. The van der Waals surface area contributed by atoms with Gasteiger partial charge in [-0.3, -0.25) is 9.69 Å². The van der Waals surface area contributed by atoms with E-state index in [1.165, 1.54) is 11.8 Å². The summed E-state index contributed by atoms with van der Waals surface area (Å²) in [5.74, 6) is 0.720. The second kappa shape index (κ2) is 7.34. The molecular formula is C16H19N3O5S. The second-order valence-electron chi connectivity index (χ2n) is 5.74. The van der Waals surface area contributed by atoms with Crippen molar-refractivity contribution in [2.75, 3.05) is 20.8 Å². The molecule has 0 saturated carbocycles. The zero-order chi connectivity index (χ0) is 18.0. The van der Waals surface area contributed by atoms with Gasteiger partial charge in [0.25, 0.3) is 4.84 Å². The van der Waals surface area contributed by atoms with E-state index in [1.54, 1.807) is 24.1 Å². The van der Waals surface area contributed by atoms with Gasteiger partial charge in [0.15, 0.2) is 0 Å². The van der Waals surface area contributed by atoms with E-state index in [-0.39, 0.29) is 17.5 Å². The van der Waals surface area contributed by atoms with Crippen LogP contribution in [0.1, 0.15) is 6.42 Å². The maximum absolute atomic E-state index is 11.9. The van der Waals surface area contributed by atoms with Crippen molar-refractivity contribution in [3.05, 3.63) is 29.1 Å². The SMILES string of the molecule is COC(=O)[C@@H]1C[C@H](O)CN1Cn1nc(-c2ccc(OC)cc2)oc1=S. The Kier molecular flexibility index (Phi) is 5.16. The zero-order valence-corrected chi connectivity index (χ0v) is 14.7. The second-order valence-corrected chi connectivity index (χ2v) is 6.09. The number of benzene rings is 1. The van der Waals surface area contributed by atoms with Crippen LogP contribution in [0.4, 0.5) is 0 Å². The summed E-state index contributed by atoms with van der Waals surface area (Å²) >= 11 is 5.22. The van der Waals surface area contributed by atoms with Gasteiger partial charge in [0.2, 0.25) is 5.89 Å². The van der Waals surface area contributed by atoms with Crippen molar-refractivity contribution in [3.63, 3.8) is 0 Å². The number of esters is 1. The van der Waals surface area contributed by atoms with Gasteiger partial charge in [-0.1, -0.05) is 0 Å². The minimum atomic E-state index is -0.591. The number of aromatic nitrogens is 2. The van der Waals surface area contributed by atoms with Crippen LogP contribution in [0, 0.1) is 4.84 Å².